The topological polar surface area (TPSA) is 110 Å². The molecule has 0 heterocycles. The van der Waals surface area contributed by atoms with Crippen molar-refractivity contribution in [2.45, 2.75) is 24.3 Å². The van der Waals surface area contributed by atoms with Crippen LogP contribution in [0, 0.1) is 10.1 Å². The Morgan fingerprint density at radius 3 is 2.53 bits per heavy atom. The van der Waals surface area contributed by atoms with Crippen molar-refractivity contribution in [1.82, 2.24) is 4.72 Å². The van der Waals surface area contributed by atoms with E-state index in [-0.39, 0.29) is 6.54 Å². The summed E-state index contributed by atoms with van der Waals surface area (Å²) in [7, 11) is -4.07. The van der Waals surface area contributed by atoms with Gasteiger partial charge >= 0.3 is 0 Å². The number of benzene rings is 1. The fraction of sp³-hybridized carbons (Fsp3) is 0.400. The lowest BCUT2D eigenvalue weighted by atomic mass is 10.1. The molecule has 0 spiro atoms. The van der Waals surface area contributed by atoms with Crippen molar-refractivity contribution in [3.8, 4) is 0 Å². The Morgan fingerprint density at radius 1 is 1.47 bits per heavy atom. The van der Waals surface area contributed by atoms with Crippen molar-refractivity contribution in [3.05, 3.63) is 32.8 Å². The fourth-order valence-corrected chi connectivity index (χ4v) is 3.11. The molecule has 0 amide bonds. The van der Waals surface area contributed by atoms with Gasteiger partial charge in [-0.05, 0) is 26.0 Å². The summed E-state index contributed by atoms with van der Waals surface area (Å²) in [5, 5.41) is 20.3. The van der Waals surface area contributed by atoms with Crippen LogP contribution >= 0.6 is 15.9 Å². The van der Waals surface area contributed by atoms with E-state index in [1.807, 2.05) is 0 Å². The van der Waals surface area contributed by atoms with Crippen LogP contribution in [0.3, 0.4) is 0 Å². The smallest absolute Gasteiger partial charge is 0.289 e. The molecule has 7 nitrogen and oxygen atoms in total. The van der Waals surface area contributed by atoms with Gasteiger partial charge in [0.2, 0.25) is 10.0 Å². The zero-order chi connectivity index (χ0) is 14.8. The molecular weight excluding hydrogens is 340 g/mol. The Kier molecular flexibility index (Phi) is 4.67. The summed E-state index contributed by atoms with van der Waals surface area (Å²) in [6, 6.07) is 3.63. The van der Waals surface area contributed by atoms with Crippen molar-refractivity contribution < 1.29 is 18.4 Å². The Bertz CT molecular complexity index is 594. The van der Waals surface area contributed by atoms with Crippen LogP contribution in [0.2, 0.25) is 0 Å². The summed E-state index contributed by atoms with van der Waals surface area (Å²) >= 11 is 3.06. The number of nitrogens with zero attached hydrogens (tertiary/aromatic N) is 1. The van der Waals surface area contributed by atoms with Crippen molar-refractivity contribution >= 4 is 31.6 Å². The van der Waals surface area contributed by atoms with Crippen LogP contribution in [-0.2, 0) is 10.0 Å². The van der Waals surface area contributed by atoms with Gasteiger partial charge in [0.1, 0.15) is 0 Å². The van der Waals surface area contributed by atoms with Gasteiger partial charge in [-0.1, -0.05) is 15.9 Å². The van der Waals surface area contributed by atoms with E-state index >= 15 is 0 Å². The van der Waals surface area contributed by atoms with Gasteiger partial charge in [0, 0.05) is 17.1 Å². The molecule has 9 heteroatoms. The van der Waals surface area contributed by atoms with Crippen molar-refractivity contribution in [2.75, 3.05) is 6.54 Å². The molecule has 1 aromatic rings. The fourth-order valence-electron chi connectivity index (χ4n) is 1.20. The van der Waals surface area contributed by atoms with Crippen LogP contribution in [0.15, 0.2) is 27.6 Å². The van der Waals surface area contributed by atoms with Crippen LogP contribution < -0.4 is 4.72 Å². The lowest BCUT2D eigenvalue weighted by molar-refractivity contribution is -0.387. The summed E-state index contributed by atoms with van der Waals surface area (Å²) in [6.45, 7) is 2.59. The molecule has 2 N–H and O–H groups in total. The first-order chi connectivity index (χ1) is 8.53. The number of nitrogens with one attached hydrogen (secondary N) is 1. The third kappa shape index (κ3) is 4.53. The van der Waals surface area contributed by atoms with E-state index in [0.29, 0.717) is 4.47 Å². The first-order valence-electron chi connectivity index (χ1n) is 5.19. The summed E-state index contributed by atoms with van der Waals surface area (Å²) in [6.07, 6.45) is 0. The molecule has 0 saturated heterocycles. The van der Waals surface area contributed by atoms with Crippen molar-refractivity contribution in [2.24, 2.45) is 0 Å². The molecule has 0 aliphatic rings. The van der Waals surface area contributed by atoms with Crippen molar-refractivity contribution in [3.63, 3.8) is 0 Å². The second-order valence-electron chi connectivity index (χ2n) is 4.51. The molecule has 0 unspecified atom stereocenters. The third-order valence-electron chi connectivity index (χ3n) is 2.10. The highest BCUT2D eigenvalue weighted by atomic mass is 79.9. The number of halogens is 1. The van der Waals surface area contributed by atoms with E-state index in [1.165, 1.54) is 19.9 Å². The van der Waals surface area contributed by atoms with E-state index in [0.717, 1.165) is 12.1 Å². The Balaban J connectivity index is 3.21. The number of rotatable bonds is 5. The van der Waals surface area contributed by atoms with Gasteiger partial charge in [-0.15, -0.1) is 0 Å². The molecule has 0 atom stereocenters. The Hall–Kier alpha value is -1.03. The van der Waals surface area contributed by atoms with Gasteiger partial charge in [-0.2, -0.15) is 0 Å². The molecule has 0 aromatic heterocycles. The predicted octanol–water partition coefficient (Wildman–Crippen LogP) is 1.41. The first-order valence-corrected chi connectivity index (χ1v) is 7.46. The van der Waals surface area contributed by atoms with Crippen LogP contribution in [0.25, 0.3) is 0 Å². The number of nitro groups is 1. The van der Waals surface area contributed by atoms with Crippen molar-refractivity contribution in [1.29, 1.82) is 0 Å². The lowest BCUT2D eigenvalue weighted by Gasteiger charge is -2.17. The van der Waals surface area contributed by atoms with Gasteiger partial charge in [-0.3, -0.25) is 10.1 Å². The van der Waals surface area contributed by atoms with Crippen LogP contribution in [0.5, 0.6) is 0 Å². The normalized spacial score (nSPS) is 12.4. The molecule has 0 saturated carbocycles. The van der Waals surface area contributed by atoms with E-state index in [2.05, 4.69) is 20.7 Å². The van der Waals surface area contributed by atoms with Crippen LogP contribution in [0.1, 0.15) is 13.8 Å². The third-order valence-corrected chi connectivity index (χ3v) is 4.03. The largest absolute Gasteiger partial charge is 0.389 e. The quantitative estimate of drug-likeness (QED) is 0.614. The highest BCUT2D eigenvalue weighted by molar-refractivity contribution is 9.10. The minimum Gasteiger partial charge on any atom is -0.389 e. The summed E-state index contributed by atoms with van der Waals surface area (Å²) in [4.78, 5) is 9.61. The standard InChI is InChI=1S/C10H13BrN2O5S/c1-10(2,14)6-12-19(17,18)9-5-7(11)3-4-8(9)13(15)16/h3-5,12,14H,6H2,1-2H3. The maximum Gasteiger partial charge on any atom is 0.289 e. The minimum absolute atomic E-state index is 0.251. The maximum absolute atomic E-state index is 12.0. The van der Waals surface area contributed by atoms with Gasteiger partial charge in [-0.25, -0.2) is 13.1 Å². The number of aliphatic hydroxyl groups is 1. The van der Waals surface area contributed by atoms with Gasteiger partial charge in [0.25, 0.3) is 5.69 Å². The van der Waals surface area contributed by atoms with Gasteiger partial charge in [0.15, 0.2) is 4.90 Å². The molecule has 0 bridgehead atoms. The number of hydrogen-bond acceptors (Lipinski definition) is 5. The zero-order valence-electron chi connectivity index (χ0n) is 10.3. The molecule has 0 aliphatic heterocycles. The van der Waals surface area contributed by atoms with E-state index < -0.39 is 31.1 Å². The summed E-state index contributed by atoms with van der Waals surface area (Å²) in [5.41, 5.74) is -1.78. The molecule has 0 aliphatic carbocycles. The average molecular weight is 353 g/mol. The van der Waals surface area contributed by atoms with E-state index in [9.17, 15) is 23.6 Å². The van der Waals surface area contributed by atoms with Crippen LogP contribution in [-0.4, -0.2) is 30.6 Å². The molecule has 0 radical (unpaired) electrons. The second kappa shape index (κ2) is 5.53. The zero-order valence-corrected chi connectivity index (χ0v) is 12.7. The monoisotopic (exact) mass is 352 g/mol. The first kappa shape index (κ1) is 16.0. The molecule has 0 fully saturated rings. The number of sulfonamides is 1. The van der Waals surface area contributed by atoms with Gasteiger partial charge in [0.05, 0.1) is 10.5 Å². The predicted molar refractivity (Wildman–Crippen MR) is 72.3 cm³/mol. The van der Waals surface area contributed by atoms with Crippen LogP contribution in [0.4, 0.5) is 5.69 Å². The average Bonchev–Trinajstić information content (AvgIpc) is 2.25. The second-order valence-corrected chi connectivity index (χ2v) is 7.16. The molecule has 1 rings (SSSR count). The molecular formula is C10H13BrN2O5S. The summed E-state index contributed by atoms with van der Waals surface area (Å²) in [5.74, 6) is 0. The van der Waals surface area contributed by atoms with Gasteiger partial charge < -0.3 is 5.11 Å². The SMILES string of the molecule is CC(C)(O)CNS(=O)(=O)c1cc(Br)ccc1[N+](=O)[O-]. The lowest BCUT2D eigenvalue weighted by Crippen LogP contribution is -2.38. The molecule has 1 aromatic carbocycles. The number of hydrogen-bond donors (Lipinski definition) is 2. The Labute approximate surface area is 119 Å². The number of nitro benzene ring substituents is 1. The molecule has 19 heavy (non-hydrogen) atoms. The van der Waals surface area contributed by atoms with E-state index in [4.69, 9.17) is 0 Å². The highest BCUT2D eigenvalue weighted by Gasteiger charge is 2.27. The molecule has 106 valence electrons. The minimum atomic E-state index is -4.07. The highest BCUT2D eigenvalue weighted by Crippen LogP contribution is 2.27. The maximum atomic E-state index is 12.0. The Morgan fingerprint density at radius 2 is 2.05 bits per heavy atom. The van der Waals surface area contributed by atoms with E-state index in [1.54, 1.807) is 0 Å². The summed E-state index contributed by atoms with van der Waals surface area (Å²) < 4.78 is 26.6.